The molecule has 0 saturated carbocycles. The van der Waals surface area contributed by atoms with Gasteiger partial charge >= 0.3 is 7.60 Å². The highest BCUT2D eigenvalue weighted by molar-refractivity contribution is 9.10. The van der Waals surface area contributed by atoms with Gasteiger partial charge in [-0.3, -0.25) is 9.13 Å². The molecule has 0 aromatic carbocycles. The molecule has 0 spiro atoms. The lowest BCUT2D eigenvalue weighted by Gasteiger charge is -2.21. The van der Waals surface area contributed by atoms with Crippen molar-refractivity contribution < 1.29 is 22.7 Å². The minimum Gasteiger partial charge on any atom is -0.328 e. The first-order valence-electron chi connectivity index (χ1n) is 5.12. The Kier molecular flexibility index (Phi) is 8.43. The predicted molar refractivity (Wildman–Crippen MR) is 68.8 cm³/mol. The van der Waals surface area contributed by atoms with E-state index in [2.05, 4.69) is 15.9 Å². The summed E-state index contributed by atoms with van der Waals surface area (Å²) >= 11 is 3.11. The van der Waals surface area contributed by atoms with Gasteiger partial charge in [-0.05, 0) is 20.8 Å². The first kappa shape index (κ1) is 16.8. The Balaban J connectivity index is 4.71. The van der Waals surface area contributed by atoms with Crippen molar-refractivity contribution in [2.24, 2.45) is 0 Å². The molecular formula is C8H19BrO5P2. The Bertz CT molecular complexity index is 274. The molecule has 8 heteroatoms. The summed E-state index contributed by atoms with van der Waals surface area (Å²) in [6.45, 7) is 5.98. The van der Waals surface area contributed by atoms with Crippen molar-refractivity contribution >= 4 is 30.9 Å². The van der Waals surface area contributed by atoms with Crippen LogP contribution in [0.25, 0.3) is 0 Å². The monoisotopic (exact) mass is 336 g/mol. The smallest absolute Gasteiger partial charge is 0.328 e. The highest BCUT2D eigenvalue weighted by Gasteiger charge is 2.36. The van der Waals surface area contributed by atoms with Crippen LogP contribution in [0, 0.1) is 0 Å². The fourth-order valence-corrected chi connectivity index (χ4v) is 7.78. The van der Waals surface area contributed by atoms with E-state index < -0.39 is 15.0 Å². The fourth-order valence-electron chi connectivity index (χ4n) is 1.12. The summed E-state index contributed by atoms with van der Waals surface area (Å²) in [6.07, 6.45) is 0. The molecule has 0 rings (SSSR count). The van der Waals surface area contributed by atoms with Gasteiger partial charge in [0.05, 0.1) is 24.9 Å². The lowest BCUT2D eigenvalue weighted by atomic mass is 10.9. The van der Waals surface area contributed by atoms with Crippen LogP contribution < -0.4 is 0 Å². The average molecular weight is 337 g/mol. The van der Waals surface area contributed by atoms with E-state index in [9.17, 15) is 9.13 Å². The highest BCUT2D eigenvalue weighted by Crippen LogP contribution is 2.63. The largest absolute Gasteiger partial charge is 0.340 e. The van der Waals surface area contributed by atoms with E-state index in [1.165, 1.54) is 0 Å². The standard InChI is InChI=1S/C8H19BrO5P2/c1-4-12-15(10,7-9)8-16(11,13-5-2)14-6-3/h4-8H2,1-3H3. The molecule has 0 aromatic rings. The Hall–Kier alpha value is 0.820. The highest BCUT2D eigenvalue weighted by atomic mass is 79.9. The van der Waals surface area contributed by atoms with Gasteiger partial charge in [0.25, 0.3) is 0 Å². The maximum Gasteiger partial charge on any atom is 0.340 e. The first-order chi connectivity index (χ1) is 7.45. The van der Waals surface area contributed by atoms with Gasteiger partial charge in [-0.2, -0.15) is 0 Å². The maximum absolute atomic E-state index is 12.1. The molecule has 0 aliphatic carbocycles. The number of hydrogen-bond donors (Lipinski definition) is 0. The Morgan fingerprint density at radius 1 is 0.938 bits per heavy atom. The van der Waals surface area contributed by atoms with Crippen molar-refractivity contribution in [1.82, 2.24) is 0 Å². The predicted octanol–water partition coefficient (Wildman–Crippen LogP) is 3.88. The minimum absolute atomic E-state index is 0.151. The zero-order valence-electron chi connectivity index (χ0n) is 9.85. The third kappa shape index (κ3) is 5.95. The third-order valence-electron chi connectivity index (χ3n) is 1.59. The molecule has 0 fully saturated rings. The molecule has 0 bridgehead atoms. The minimum atomic E-state index is -3.31. The second-order valence-corrected chi connectivity index (χ2v) is 9.44. The summed E-state index contributed by atoms with van der Waals surface area (Å²) in [7, 11) is -6.28. The molecule has 0 aliphatic heterocycles. The summed E-state index contributed by atoms with van der Waals surface area (Å²) in [5.74, 6) is -0.180. The summed E-state index contributed by atoms with van der Waals surface area (Å²) < 4.78 is 39.6. The van der Waals surface area contributed by atoms with Crippen molar-refractivity contribution in [3.63, 3.8) is 0 Å². The van der Waals surface area contributed by atoms with Crippen molar-refractivity contribution in [1.29, 1.82) is 0 Å². The van der Waals surface area contributed by atoms with Crippen LogP contribution in [-0.2, 0) is 22.7 Å². The molecule has 0 heterocycles. The average Bonchev–Trinajstić information content (AvgIpc) is 2.18. The number of halogens is 1. The van der Waals surface area contributed by atoms with Crippen LogP contribution in [0.5, 0.6) is 0 Å². The molecule has 98 valence electrons. The van der Waals surface area contributed by atoms with Gasteiger partial charge in [0.2, 0.25) is 7.37 Å². The number of alkyl halides is 1. The first-order valence-corrected chi connectivity index (χ1v) is 9.96. The molecule has 0 aliphatic rings. The maximum atomic E-state index is 12.1. The van der Waals surface area contributed by atoms with Gasteiger partial charge < -0.3 is 13.6 Å². The summed E-state index contributed by atoms with van der Waals surface area (Å²) in [5, 5.41) is 0.151. The van der Waals surface area contributed by atoms with E-state index in [-0.39, 0.29) is 24.2 Å². The molecule has 5 nitrogen and oxygen atoms in total. The molecular weight excluding hydrogens is 318 g/mol. The van der Waals surface area contributed by atoms with Crippen molar-refractivity contribution in [3.8, 4) is 0 Å². The lowest BCUT2D eigenvalue weighted by molar-refractivity contribution is 0.222. The normalized spacial score (nSPS) is 16.0. The van der Waals surface area contributed by atoms with E-state index in [1.54, 1.807) is 20.8 Å². The SMILES string of the molecule is CCOP(=O)(CBr)CP(=O)(OCC)OCC. The molecule has 0 radical (unpaired) electrons. The van der Waals surface area contributed by atoms with Gasteiger partial charge in [0.1, 0.15) is 5.90 Å². The molecule has 0 aromatic heterocycles. The van der Waals surface area contributed by atoms with Crippen LogP contribution in [0.2, 0.25) is 0 Å². The van der Waals surface area contributed by atoms with Gasteiger partial charge in [0, 0.05) is 0 Å². The van der Waals surface area contributed by atoms with Gasteiger partial charge in [0.15, 0.2) is 0 Å². The van der Waals surface area contributed by atoms with Crippen molar-refractivity contribution in [3.05, 3.63) is 0 Å². The van der Waals surface area contributed by atoms with E-state index in [4.69, 9.17) is 13.6 Å². The summed E-state index contributed by atoms with van der Waals surface area (Å²) in [6, 6.07) is 0. The second kappa shape index (κ2) is 8.02. The third-order valence-corrected chi connectivity index (χ3v) is 9.38. The van der Waals surface area contributed by atoms with Gasteiger partial charge in [-0.25, -0.2) is 0 Å². The molecule has 0 saturated heterocycles. The van der Waals surface area contributed by atoms with Crippen LogP contribution in [0.15, 0.2) is 0 Å². The lowest BCUT2D eigenvalue weighted by Crippen LogP contribution is -2.04. The van der Waals surface area contributed by atoms with Crippen LogP contribution in [0.3, 0.4) is 0 Å². The topological polar surface area (TPSA) is 61.8 Å². The van der Waals surface area contributed by atoms with Crippen LogP contribution in [0.1, 0.15) is 20.8 Å². The molecule has 0 amide bonds. The van der Waals surface area contributed by atoms with E-state index >= 15 is 0 Å². The Morgan fingerprint density at radius 2 is 1.38 bits per heavy atom. The molecule has 16 heavy (non-hydrogen) atoms. The molecule has 1 unspecified atom stereocenters. The Morgan fingerprint density at radius 3 is 1.69 bits per heavy atom. The van der Waals surface area contributed by atoms with E-state index in [0.29, 0.717) is 6.61 Å². The van der Waals surface area contributed by atoms with Crippen LogP contribution >= 0.6 is 30.9 Å². The van der Waals surface area contributed by atoms with Crippen molar-refractivity contribution in [2.75, 3.05) is 30.8 Å². The summed E-state index contributed by atoms with van der Waals surface area (Å²) in [5.41, 5.74) is 0. The van der Waals surface area contributed by atoms with Gasteiger partial charge in [-0.1, -0.05) is 15.9 Å². The molecule has 1 atom stereocenters. The van der Waals surface area contributed by atoms with Gasteiger partial charge in [-0.15, -0.1) is 0 Å². The Labute approximate surface area is 105 Å². The number of rotatable bonds is 9. The second-order valence-electron chi connectivity index (χ2n) is 2.94. The zero-order valence-corrected chi connectivity index (χ0v) is 13.2. The molecule has 0 N–H and O–H groups in total. The fraction of sp³-hybridized carbons (Fsp3) is 1.00. The van der Waals surface area contributed by atoms with Crippen LogP contribution in [-0.4, -0.2) is 30.8 Å². The van der Waals surface area contributed by atoms with E-state index in [1.807, 2.05) is 0 Å². The summed E-state index contributed by atoms with van der Waals surface area (Å²) in [4.78, 5) is 0. The van der Waals surface area contributed by atoms with Crippen molar-refractivity contribution in [2.45, 2.75) is 20.8 Å². The van der Waals surface area contributed by atoms with Crippen LogP contribution in [0.4, 0.5) is 0 Å². The quantitative estimate of drug-likeness (QED) is 0.472. The zero-order chi connectivity index (χ0) is 12.7. The number of hydrogen-bond acceptors (Lipinski definition) is 5. The van der Waals surface area contributed by atoms with E-state index in [0.717, 1.165) is 0 Å².